The molecule has 0 unspecified atom stereocenters. The summed E-state index contributed by atoms with van der Waals surface area (Å²) in [5.41, 5.74) is 9.19. The number of nitrogens with zero attached hydrogens (tertiary/aromatic N) is 3. The number of benzene rings is 2. The Morgan fingerprint density at radius 2 is 1.68 bits per heavy atom. The summed E-state index contributed by atoms with van der Waals surface area (Å²) in [6.45, 7) is 5.93. The normalized spacial score (nSPS) is 18.8. The number of hydrogen-bond donors (Lipinski definition) is 3. The Labute approximate surface area is 264 Å². The summed E-state index contributed by atoms with van der Waals surface area (Å²) in [6, 6.07) is 15.7. The van der Waals surface area contributed by atoms with Gasteiger partial charge < -0.3 is 20.2 Å². The average Bonchev–Trinajstić information content (AvgIpc) is 3.86. The first-order valence-corrected chi connectivity index (χ1v) is 17.3. The lowest BCUT2D eigenvalue weighted by Gasteiger charge is -2.23. The van der Waals surface area contributed by atoms with Crippen molar-refractivity contribution in [2.75, 3.05) is 13.1 Å². The Kier molecular flexibility index (Phi) is 7.12. The van der Waals surface area contributed by atoms with Gasteiger partial charge in [-0.15, -0.1) is 22.7 Å². The number of rotatable bonds is 7. The van der Waals surface area contributed by atoms with Crippen molar-refractivity contribution in [2.45, 2.75) is 51.6 Å². The minimum absolute atomic E-state index is 0.0120. The topological polar surface area (TPSA) is 89.7 Å². The van der Waals surface area contributed by atoms with Crippen LogP contribution in [0.1, 0.15) is 63.3 Å². The second-order valence-corrected chi connectivity index (χ2v) is 14.1. The van der Waals surface area contributed by atoms with Gasteiger partial charge in [0.15, 0.2) is 0 Å². The molecule has 6 heterocycles. The molecule has 6 aromatic rings. The summed E-state index contributed by atoms with van der Waals surface area (Å²) >= 11 is 3.63. The fourth-order valence-corrected chi connectivity index (χ4v) is 9.14. The Balaban J connectivity index is 1.02. The molecule has 1 radical (unpaired) electrons. The van der Waals surface area contributed by atoms with Gasteiger partial charge in [-0.3, -0.25) is 4.79 Å². The predicted molar refractivity (Wildman–Crippen MR) is 181 cm³/mol. The smallest absolute Gasteiger partial charge is 0.227 e. The number of imidazole rings is 2. The van der Waals surface area contributed by atoms with E-state index in [0.717, 1.165) is 66.3 Å². The predicted octanol–water partition coefficient (Wildman–Crippen LogP) is 8.51. The maximum Gasteiger partial charge on any atom is 0.227 e. The Bertz CT molecular complexity index is 1960. The largest absolute Gasteiger partial charge is 0.341 e. The molecule has 9 heteroatoms. The van der Waals surface area contributed by atoms with Crippen molar-refractivity contribution >= 4 is 49.0 Å². The number of aromatic amines is 2. The molecule has 2 atom stereocenters. The van der Waals surface area contributed by atoms with Crippen molar-refractivity contribution in [1.29, 1.82) is 0 Å². The highest BCUT2D eigenvalue weighted by atomic mass is 32.1. The van der Waals surface area contributed by atoms with Gasteiger partial charge in [-0.25, -0.2) is 9.97 Å². The summed E-state index contributed by atoms with van der Waals surface area (Å²) in [4.78, 5) is 31.4. The number of H-pyrrole nitrogens is 2. The Hall–Kier alpha value is -3.79. The van der Waals surface area contributed by atoms with Crippen LogP contribution in [0.25, 0.3) is 53.9 Å². The van der Waals surface area contributed by atoms with Crippen molar-refractivity contribution in [3.8, 4) is 33.5 Å². The summed E-state index contributed by atoms with van der Waals surface area (Å²) in [6.07, 6.45) is 7.99. The highest BCUT2D eigenvalue weighted by Gasteiger charge is 2.32. The Morgan fingerprint density at radius 1 is 0.932 bits per heavy atom. The number of hydrogen-bond acceptors (Lipinski definition) is 6. The van der Waals surface area contributed by atoms with Crippen LogP contribution in [0.3, 0.4) is 0 Å². The second-order valence-electron chi connectivity index (χ2n) is 12.3. The minimum Gasteiger partial charge on any atom is -0.341 e. The zero-order valence-electron chi connectivity index (χ0n) is 24.9. The summed E-state index contributed by atoms with van der Waals surface area (Å²) < 4.78 is 2.65. The van der Waals surface area contributed by atoms with Gasteiger partial charge in [0.05, 0.1) is 50.8 Å². The molecular formula is C35H35N6OS2. The fourth-order valence-electron chi connectivity index (χ4n) is 6.68. The van der Waals surface area contributed by atoms with Crippen molar-refractivity contribution in [1.82, 2.24) is 30.2 Å². The molecule has 2 aliphatic heterocycles. The lowest BCUT2D eigenvalue weighted by molar-refractivity contribution is -0.129. The van der Waals surface area contributed by atoms with Crippen LogP contribution in [-0.4, -0.2) is 43.8 Å². The number of likely N-dealkylation sites (tertiary alicyclic amines) is 1. The molecule has 0 spiro atoms. The second kappa shape index (κ2) is 11.3. The summed E-state index contributed by atoms with van der Waals surface area (Å²) in [5, 5.41) is 8.12. The van der Waals surface area contributed by atoms with Gasteiger partial charge >= 0.3 is 0 Å². The van der Waals surface area contributed by atoms with Gasteiger partial charge in [-0.1, -0.05) is 44.2 Å². The maximum absolute atomic E-state index is 12.8. The van der Waals surface area contributed by atoms with Crippen molar-refractivity contribution in [2.24, 2.45) is 5.92 Å². The molecule has 0 saturated carbocycles. The fraction of sp³-hybridized carbons (Fsp3) is 0.314. The highest BCUT2D eigenvalue weighted by Crippen LogP contribution is 2.44. The number of thiophene rings is 2. The molecule has 2 saturated heterocycles. The molecule has 3 N–H and O–H groups in total. The highest BCUT2D eigenvalue weighted by molar-refractivity contribution is 7.27. The molecule has 2 aromatic carbocycles. The van der Waals surface area contributed by atoms with Gasteiger partial charge in [-0.2, -0.15) is 0 Å². The third-order valence-corrected chi connectivity index (χ3v) is 11.1. The lowest BCUT2D eigenvalue weighted by atomic mass is 10.0. The maximum atomic E-state index is 12.8. The molecule has 4 aromatic heterocycles. The monoisotopic (exact) mass is 619 g/mol. The quantitative estimate of drug-likeness (QED) is 0.167. The molecule has 2 fully saturated rings. The first-order valence-electron chi connectivity index (χ1n) is 15.5. The molecule has 2 aliphatic rings. The van der Waals surface area contributed by atoms with Crippen molar-refractivity contribution in [3.63, 3.8) is 0 Å². The van der Waals surface area contributed by atoms with Crippen LogP contribution in [0.15, 0.2) is 59.4 Å². The van der Waals surface area contributed by atoms with Gasteiger partial charge in [0, 0.05) is 28.4 Å². The first-order chi connectivity index (χ1) is 21.5. The van der Waals surface area contributed by atoms with Gasteiger partial charge in [0.25, 0.3) is 0 Å². The third kappa shape index (κ3) is 4.97. The molecular weight excluding hydrogens is 585 g/mol. The van der Waals surface area contributed by atoms with Crippen molar-refractivity contribution in [3.05, 3.63) is 77.5 Å². The standard InChI is InChI=1S/C35H35N6OS2/c1-20(2)15-31(42)41-14-4-6-30(41)35-37-17-29(40-35)22-9-7-21(8-10-22)24-18-43-33-25(19-44-32(24)33)23-11-12-26-28(16-23)39-34(38-26)27-5-3-13-36-27/h7-12,15-20,27,30,36H,3-6,13-14H2,1-2H3,(H,37,40)(H,38,39)/t27-,30-/m0/s1. The van der Waals surface area contributed by atoms with E-state index in [1.807, 2.05) is 47.6 Å². The Morgan fingerprint density at radius 3 is 2.43 bits per heavy atom. The number of carbonyl (C=O) groups excluding carboxylic acids is 1. The van der Waals surface area contributed by atoms with E-state index < -0.39 is 0 Å². The van der Waals surface area contributed by atoms with Crippen LogP contribution in [0.5, 0.6) is 0 Å². The number of amides is 1. The summed E-state index contributed by atoms with van der Waals surface area (Å²) in [5.74, 6) is 2.27. The third-order valence-electron chi connectivity index (χ3n) is 8.92. The van der Waals surface area contributed by atoms with E-state index in [1.165, 1.54) is 38.1 Å². The van der Waals surface area contributed by atoms with Crippen LogP contribution >= 0.6 is 22.7 Å². The molecule has 1 amide bonds. The van der Waals surface area contributed by atoms with E-state index in [0.29, 0.717) is 6.04 Å². The zero-order valence-corrected chi connectivity index (χ0v) is 26.5. The van der Waals surface area contributed by atoms with E-state index >= 15 is 0 Å². The average molecular weight is 620 g/mol. The molecule has 223 valence electrons. The van der Waals surface area contributed by atoms with Crippen LogP contribution in [0, 0.1) is 12.3 Å². The van der Waals surface area contributed by atoms with Crippen molar-refractivity contribution < 1.29 is 4.79 Å². The minimum atomic E-state index is 0.0120. The molecule has 44 heavy (non-hydrogen) atoms. The van der Waals surface area contributed by atoms with Gasteiger partial charge in [0.1, 0.15) is 11.6 Å². The molecule has 7 nitrogen and oxygen atoms in total. The lowest BCUT2D eigenvalue weighted by Crippen LogP contribution is -2.32. The van der Waals surface area contributed by atoms with E-state index in [1.54, 1.807) is 6.42 Å². The van der Waals surface area contributed by atoms with E-state index in [2.05, 4.69) is 68.5 Å². The number of fused-ring (bicyclic) bond motifs is 2. The van der Waals surface area contributed by atoms with Gasteiger partial charge in [-0.05, 0) is 67.0 Å². The summed E-state index contributed by atoms with van der Waals surface area (Å²) in [7, 11) is 0. The van der Waals surface area contributed by atoms with E-state index in [-0.39, 0.29) is 17.9 Å². The van der Waals surface area contributed by atoms with E-state index in [9.17, 15) is 4.79 Å². The zero-order chi connectivity index (χ0) is 29.8. The van der Waals surface area contributed by atoms with Crippen LogP contribution < -0.4 is 5.32 Å². The van der Waals surface area contributed by atoms with E-state index in [4.69, 9.17) is 9.97 Å². The van der Waals surface area contributed by atoms with Crippen LogP contribution in [-0.2, 0) is 4.79 Å². The number of nitrogens with one attached hydrogen (secondary N) is 3. The number of carbonyl (C=O) groups is 1. The van der Waals surface area contributed by atoms with Crippen LogP contribution in [0.4, 0.5) is 0 Å². The molecule has 0 bridgehead atoms. The first kappa shape index (κ1) is 27.7. The SMILES string of the molecule is CC(C)[CH]C(=O)N1CCC[C@H]1c1ncc(-c2ccc(-c3csc4c(-c5ccc6nc([C@@H]7CCCN7)[nH]c6c5)csc34)cc2)[nH]1. The molecule has 0 aliphatic carbocycles. The molecule has 8 rings (SSSR count). The van der Waals surface area contributed by atoms with Crippen LogP contribution in [0.2, 0.25) is 0 Å². The number of aromatic nitrogens is 4. The van der Waals surface area contributed by atoms with Gasteiger partial charge in [0.2, 0.25) is 5.91 Å².